The maximum absolute atomic E-state index is 4.92. The van der Waals surface area contributed by atoms with Crippen LogP contribution in [0.25, 0.3) is 56.7 Å². The van der Waals surface area contributed by atoms with Gasteiger partial charge in [-0.15, -0.1) is 0 Å². The Morgan fingerprint density at radius 3 is 1.22 bits per heavy atom. The van der Waals surface area contributed by atoms with E-state index in [0.717, 1.165) is 33.6 Å². The minimum absolute atomic E-state index is 0.169. The van der Waals surface area contributed by atoms with Crippen LogP contribution in [-0.2, 0) is 0 Å². The third-order valence-electron chi connectivity index (χ3n) is 10.0. The topological polar surface area (TPSA) is 64.5 Å². The Kier molecular flexibility index (Phi) is 6.56. The summed E-state index contributed by atoms with van der Waals surface area (Å²) < 4.78 is 0. The summed E-state index contributed by atoms with van der Waals surface area (Å²) in [7, 11) is 0. The van der Waals surface area contributed by atoms with Gasteiger partial charge in [-0.05, 0) is 62.7 Å². The molecule has 0 aliphatic heterocycles. The van der Waals surface area contributed by atoms with Gasteiger partial charge >= 0.3 is 0 Å². The lowest BCUT2D eigenvalue weighted by molar-refractivity contribution is 0.755. The Morgan fingerprint density at radius 2 is 0.680 bits per heavy atom. The van der Waals surface area contributed by atoms with Crippen molar-refractivity contribution >= 4 is 0 Å². The van der Waals surface area contributed by atoms with Crippen LogP contribution in [-0.4, -0.2) is 24.9 Å². The van der Waals surface area contributed by atoms with Crippen LogP contribution >= 0.6 is 0 Å². The molecule has 2 unspecified atom stereocenters. The fourth-order valence-corrected chi connectivity index (χ4v) is 7.73. The average molecular weight is 640 g/mol. The third kappa shape index (κ3) is 4.66. The molecule has 2 aromatic heterocycles. The zero-order chi connectivity index (χ0) is 33.0. The maximum atomic E-state index is 4.92. The Morgan fingerprint density at radius 1 is 0.280 bits per heavy atom. The molecule has 50 heavy (non-hydrogen) atoms. The van der Waals surface area contributed by atoms with Crippen molar-refractivity contribution in [3.8, 4) is 56.7 Å². The quantitative estimate of drug-likeness (QED) is 0.188. The smallest absolute Gasteiger partial charge is 0.164 e. The molecular formula is C45H29N5. The number of rotatable bonds is 5. The fraction of sp³-hybridized carbons (Fsp3) is 0.0444. The van der Waals surface area contributed by atoms with Crippen molar-refractivity contribution in [1.29, 1.82) is 0 Å². The van der Waals surface area contributed by atoms with E-state index in [1.54, 1.807) is 12.4 Å². The van der Waals surface area contributed by atoms with E-state index >= 15 is 0 Å². The second kappa shape index (κ2) is 11.5. The van der Waals surface area contributed by atoms with Gasteiger partial charge in [0.1, 0.15) is 0 Å². The first-order valence-corrected chi connectivity index (χ1v) is 16.9. The lowest BCUT2D eigenvalue weighted by Gasteiger charge is -2.42. The third-order valence-corrected chi connectivity index (χ3v) is 10.0. The molecule has 3 aliphatic rings. The molecule has 0 N–H and O–H groups in total. The largest absolute Gasteiger partial charge is 0.237 e. The highest BCUT2D eigenvalue weighted by Gasteiger charge is 2.41. The molecule has 0 saturated carbocycles. The predicted octanol–water partition coefficient (Wildman–Crippen LogP) is 9.98. The molecule has 5 nitrogen and oxygen atoms in total. The van der Waals surface area contributed by atoms with Gasteiger partial charge in [0.25, 0.3) is 0 Å². The summed E-state index contributed by atoms with van der Waals surface area (Å²) in [4.78, 5) is 23.8. The first-order chi connectivity index (χ1) is 24.8. The van der Waals surface area contributed by atoms with Crippen LogP contribution in [0.4, 0.5) is 0 Å². The molecule has 0 fully saturated rings. The molecular weight excluding hydrogens is 611 g/mol. The van der Waals surface area contributed by atoms with Gasteiger partial charge in [0.05, 0.1) is 0 Å². The summed E-state index contributed by atoms with van der Waals surface area (Å²) in [5.74, 6) is 3.07. The number of hydrogen-bond acceptors (Lipinski definition) is 5. The predicted molar refractivity (Wildman–Crippen MR) is 197 cm³/mol. The molecule has 0 amide bonds. The standard InChI is InChI=1S/C45H29N5/c1-3-10-29(11-4-1)43-48-44(30-12-5-2-6-13-30)50-45(49-43)31-18-16-28(17-19-31)32-20-22-36-38(26-32)40-34-14-7-8-15-35(34)41(36)39-27-33(21-23-37(39)40)42-46-24-9-25-47-42/h1-27,40-41H. The molecule has 11 rings (SSSR count). The first kappa shape index (κ1) is 28.4. The highest BCUT2D eigenvalue weighted by atomic mass is 15.0. The zero-order valence-electron chi connectivity index (χ0n) is 27.0. The van der Waals surface area contributed by atoms with Crippen LogP contribution in [0.3, 0.4) is 0 Å². The van der Waals surface area contributed by atoms with Gasteiger partial charge in [0.2, 0.25) is 0 Å². The Balaban J connectivity index is 1.03. The summed E-state index contributed by atoms with van der Waals surface area (Å²) in [6.45, 7) is 0. The van der Waals surface area contributed by atoms with E-state index in [-0.39, 0.29) is 11.8 Å². The van der Waals surface area contributed by atoms with Crippen LogP contribution in [0, 0.1) is 0 Å². The van der Waals surface area contributed by atoms with Gasteiger partial charge in [0, 0.05) is 46.5 Å². The van der Waals surface area contributed by atoms with Crippen molar-refractivity contribution in [2.24, 2.45) is 0 Å². The van der Waals surface area contributed by atoms with Gasteiger partial charge in [-0.3, -0.25) is 0 Å². The van der Waals surface area contributed by atoms with Crippen molar-refractivity contribution in [1.82, 2.24) is 24.9 Å². The molecule has 0 saturated heterocycles. The van der Waals surface area contributed by atoms with Crippen LogP contribution in [0.15, 0.2) is 164 Å². The van der Waals surface area contributed by atoms with Crippen LogP contribution < -0.4 is 0 Å². The number of aromatic nitrogens is 5. The molecule has 2 bridgehead atoms. The fourth-order valence-electron chi connectivity index (χ4n) is 7.73. The van der Waals surface area contributed by atoms with Gasteiger partial charge in [-0.25, -0.2) is 24.9 Å². The van der Waals surface area contributed by atoms with Crippen molar-refractivity contribution < 1.29 is 0 Å². The second-order valence-electron chi connectivity index (χ2n) is 12.9. The zero-order valence-corrected chi connectivity index (χ0v) is 27.0. The maximum Gasteiger partial charge on any atom is 0.164 e. The molecule has 3 aliphatic carbocycles. The van der Waals surface area contributed by atoms with Crippen molar-refractivity contribution in [3.63, 3.8) is 0 Å². The molecule has 8 aromatic rings. The summed E-state index contributed by atoms with van der Waals surface area (Å²) >= 11 is 0. The van der Waals surface area contributed by atoms with E-state index in [2.05, 4.69) is 94.9 Å². The van der Waals surface area contributed by atoms with Gasteiger partial charge in [-0.2, -0.15) is 0 Å². The molecule has 2 heterocycles. The molecule has 2 atom stereocenters. The number of nitrogens with zero attached hydrogens (tertiary/aromatic N) is 5. The minimum Gasteiger partial charge on any atom is -0.237 e. The lowest BCUT2D eigenvalue weighted by Crippen LogP contribution is -2.27. The van der Waals surface area contributed by atoms with Crippen molar-refractivity contribution in [2.75, 3.05) is 0 Å². The molecule has 0 spiro atoms. The minimum atomic E-state index is 0.169. The van der Waals surface area contributed by atoms with Crippen molar-refractivity contribution in [2.45, 2.75) is 11.8 Å². The van der Waals surface area contributed by atoms with Crippen LogP contribution in [0.2, 0.25) is 0 Å². The summed E-state index contributed by atoms with van der Waals surface area (Å²) in [5.41, 5.74) is 14.5. The Labute approximate surface area is 290 Å². The lowest BCUT2D eigenvalue weighted by atomic mass is 9.60. The highest BCUT2D eigenvalue weighted by molar-refractivity contribution is 5.76. The average Bonchev–Trinajstić information content (AvgIpc) is 3.21. The Hall–Kier alpha value is -6.59. The van der Waals surface area contributed by atoms with E-state index in [0.29, 0.717) is 17.5 Å². The second-order valence-corrected chi connectivity index (χ2v) is 12.9. The van der Waals surface area contributed by atoms with Crippen LogP contribution in [0.1, 0.15) is 45.2 Å². The molecule has 5 heteroatoms. The molecule has 234 valence electrons. The van der Waals surface area contributed by atoms with Gasteiger partial charge in [-0.1, -0.05) is 133 Å². The van der Waals surface area contributed by atoms with Gasteiger partial charge < -0.3 is 0 Å². The summed E-state index contributed by atoms with van der Waals surface area (Å²) in [6.07, 6.45) is 3.61. The van der Waals surface area contributed by atoms with E-state index in [4.69, 9.17) is 15.0 Å². The normalized spacial score (nSPS) is 15.2. The van der Waals surface area contributed by atoms with E-state index < -0.39 is 0 Å². The highest BCUT2D eigenvalue weighted by Crippen LogP contribution is 2.56. The number of benzene rings is 6. The SMILES string of the molecule is c1ccc(-c2nc(-c3ccccc3)nc(-c3ccc(-c4ccc5c(c4)C4c6ccccc6C5c5cc(-c6ncccn6)ccc54)cc3)n2)cc1. The van der Waals surface area contributed by atoms with Crippen molar-refractivity contribution in [3.05, 3.63) is 197 Å². The summed E-state index contributed by atoms with van der Waals surface area (Å²) in [6, 6.07) is 53.4. The van der Waals surface area contributed by atoms with E-state index in [1.165, 1.54) is 38.9 Å². The van der Waals surface area contributed by atoms with Gasteiger partial charge in [0.15, 0.2) is 23.3 Å². The number of hydrogen-bond donors (Lipinski definition) is 0. The van der Waals surface area contributed by atoms with E-state index in [9.17, 15) is 0 Å². The van der Waals surface area contributed by atoms with Crippen LogP contribution in [0.5, 0.6) is 0 Å². The Bertz CT molecular complexity index is 2470. The first-order valence-electron chi connectivity index (χ1n) is 16.9. The monoisotopic (exact) mass is 639 g/mol. The van der Waals surface area contributed by atoms with E-state index in [1.807, 2.05) is 66.7 Å². The molecule has 0 radical (unpaired) electrons. The summed E-state index contributed by atoms with van der Waals surface area (Å²) in [5, 5.41) is 0. The molecule has 6 aromatic carbocycles.